The summed E-state index contributed by atoms with van der Waals surface area (Å²) in [7, 11) is 0. The van der Waals surface area contributed by atoms with Gasteiger partial charge in [0, 0.05) is 18.3 Å². The van der Waals surface area contributed by atoms with Gasteiger partial charge in [-0.2, -0.15) is 10.1 Å². The van der Waals surface area contributed by atoms with Crippen LogP contribution in [0.2, 0.25) is 0 Å². The van der Waals surface area contributed by atoms with Crippen LogP contribution in [0.4, 0.5) is 17.5 Å². The predicted octanol–water partition coefficient (Wildman–Crippen LogP) is 3.18. The molecule has 3 aromatic heterocycles. The number of hydrogen-bond acceptors (Lipinski definition) is 7. The average molecular weight is 383 g/mol. The van der Waals surface area contributed by atoms with Crippen LogP contribution in [0.3, 0.4) is 0 Å². The monoisotopic (exact) mass is 383 g/mol. The minimum absolute atomic E-state index is 0.0996. The first-order valence-electron chi connectivity index (χ1n) is 8.92. The highest BCUT2D eigenvalue weighted by atomic mass is 32.1. The Labute approximate surface area is 160 Å². The molecule has 27 heavy (non-hydrogen) atoms. The molecule has 0 unspecified atom stereocenters. The zero-order valence-corrected chi connectivity index (χ0v) is 15.6. The summed E-state index contributed by atoms with van der Waals surface area (Å²) in [4.78, 5) is 20.7. The van der Waals surface area contributed by atoms with Gasteiger partial charge in [-0.05, 0) is 43.2 Å². The zero-order chi connectivity index (χ0) is 18.6. The number of nitrogens with zero attached hydrogens (tertiary/aromatic N) is 3. The van der Waals surface area contributed by atoms with Crippen molar-refractivity contribution in [2.45, 2.75) is 37.8 Å². The van der Waals surface area contributed by atoms with Crippen LogP contribution in [0.15, 0.2) is 36.5 Å². The number of H-pyrrole nitrogens is 1. The Kier molecular flexibility index (Phi) is 5.01. The van der Waals surface area contributed by atoms with E-state index in [4.69, 9.17) is 0 Å². The van der Waals surface area contributed by atoms with Crippen molar-refractivity contribution < 1.29 is 4.79 Å². The fraction of sp³-hybridized carbons (Fsp3) is 0.333. The van der Waals surface area contributed by atoms with Crippen LogP contribution in [0.1, 0.15) is 25.7 Å². The summed E-state index contributed by atoms with van der Waals surface area (Å²) >= 11 is 1.63. The average Bonchev–Trinajstić information content (AvgIpc) is 3.35. The standard InChI is InChI=1S/C18H21N7OS/c1-2-15(26)21-11-3-5-12(6-4-11)22-17-16-14(7-8-27-16)24-18(25-17)23-13-9-19-20-10-13/h2,7-12H,1,3-6H2,(H,19,20)(H,21,26)(H2,22,23,24,25)/t11-,12+. The van der Waals surface area contributed by atoms with E-state index in [1.807, 2.05) is 11.4 Å². The van der Waals surface area contributed by atoms with Gasteiger partial charge in [0.15, 0.2) is 0 Å². The maximum atomic E-state index is 11.5. The van der Waals surface area contributed by atoms with Gasteiger partial charge < -0.3 is 16.0 Å². The molecule has 0 aliphatic heterocycles. The molecule has 8 nitrogen and oxygen atoms in total. The second kappa shape index (κ2) is 7.75. The summed E-state index contributed by atoms with van der Waals surface area (Å²) in [5.74, 6) is 1.29. The topological polar surface area (TPSA) is 108 Å². The molecule has 1 aliphatic carbocycles. The van der Waals surface area contributed by atoms with Gasteiger partial charge in [0.2, 0.25) is 11.9 Å². The lowest BCUT2D eigenvalue weighted by molar-refractivity contribution is -0.117. The van der Waals surface area contributed by atoms with Crippen LogP contribution < -0.4 is 16.0 Å². The molecule has 0 radical (unpaired) electrons. The summed E-state index contributed by atoms with van der Waals surface area (Å²) in [6.45, 7) is 3.51. The van der Waals surface area contributed by atoms with Gasteiger partial charge in [0.25, 0.3) is 0 Å². The number of thiophene rings is 1. The summed E-state index contributed by atoms with van der Waals surface area (Å²) < 4.78 is 1.05. The van der Waals surface area contributed by atoms with E-state index in [2.05, 4.69) is 42.7 Å². The van der Waals surface area contributed by atoms with E-state index in [-0.39, 0.29) is 11.9 Å². The van der Waals surface area contributed by atoms with Gasteiger partial charge in [-0.1, -0.05) is 6.58 Å². The molecule has 0 spiro atoms. The van der Waals surface area contributed by atoms with E-state index in [1.54, 1.807) is 23.7 Å². The van der Waals surface area contributed by atoms with Crippen LogP contribution in [-0.2, 0) is 4.79 Å². The number of nitrogens with one attached hydrogen (secondary N) is 4. The zero-order valence-electron chi connectivity index (χ0n) is 14.7. The van der Waals surface area contributed by atoms with E-state index in [0.29, 0.717) is 12.0 Å². The molecule has 1 fully saturated rings. The van der Waals surface area contributed by atoms with E-state index in [9.17, 15) is 4.79 Å². The minimum Gasteiger partial charge on any atom is -0.366 e. The first kappa shape index (κ1) is 17.5. The Morgan fingerprint density at radius 2 is 2.07 bits per heavy atom. The highest BCUT2D eigenvalue weighted by Crippen LogP contribution is 2.30. The normalized spacial score (nSPS) is 19.6. The lowest BCUT2D eigenvalue weighted by Crippen LogP contribution is -2.39. The highest BCUT2D eigenvalue weighted by Gasteiger charge is 2.23. The van der Waals surface area contributed by atoms with Crippen molar-refractivity contribution in [3.8, 4) is 0 Å². The second-order valence-corrected chi connectivity index (χ2v) is 7.46. The number of anilines is 3. The summed E-state index contributed by atoms with van der Waals surface area (Å²) in [5, 5.41) is 18.5. The molecule has 1 aliphatic rings. The number of aromatic amines is 1. The van der Waals surface area contributed by atoms with Gasteiger partial charge in [0.1, 0.15) is 5.82 Å². The van der Waals surface area contributed by atoms with Crippen molar-refractivity contribution in [1.29, 1.82) is 0 Å². The van der Waals surface area contributed by atoms with Gasteiger partial charge in [-0.3, -0.25) is 9.89 Å². The molecule has 3 heterocycles. The third-order valence-electron chi connectivity index (χ3n) is 4.66. The Bertz CT molecular complexity index is 928. The minimum atomic E-state index is -0.0996. The summed E-state index contributed by atoms with van der Waals surface area (Å²) in [6.07, 6.45) is 8.60. The second-order valence-electron chi connectivity index (χ2n) is 6.55. The van der Waals surface area contributed by atoms with Gasteiger partial charge in [-0.15, -0.1) is 11.3 Å². The first-order chi connectivity index (χ1) is 13.2. The molecule has 0 aromatic carbocycles. The molecule has 9 heteroatoms. The lowest BCUT2D eigenvalue weighted by Gasteiger charge is -2.29. The molecule has 0 bridgehead atoms. The van der Waals surface area contributed by atoms with Crippen molar-refractivity contribution in [1.82, 2.24) is 25.5 Å². The maximum absolute atomic E-state index is 11.5. The Morgan fingerprint density at radius 1 is 1.26 bits per heavy atom. The van der Waals surface area contributed by atoms with E-state index >= 15 is 0 Å². The molecule has 0 saturated heterocycles. The van der Waals surface area contributed by atoms with E-state index in [1.165, 1.54) is 6.08 Å². The smallest absolute Gasteiger partial charge is 0.243 e. The van der Waals surface area contributed by atoms with Crippen LogP contribution in [0.25, 0.3) is 10.2 Å². The number of hydrogen-bond donors (Lipinski definition) is 4. The van der Waals surface area contributed by atoms with Crippen molar-refractivity contribution >= 4 is 44.9 Å². The molecular formula is C18H21N7OS. The molecule has 1 saturated carbocycles. The highest BCUT2D eigenvalue weighted by molar-refractivity contribution is 7.17. The summed E-state index contributed by atoms with van der Waals surface area (Å²) in [5.41, 5.74) is 1.73. The molecule has 0 atom stereocenters. The Hall–Kier alpha value is -2.94. The first-order valence-corrected chi connectivity index (χ1v) is 9.80. The van der Waals surface area contributed by atoms with Gasteiger partial charge >= 0.3 is 0 Å². The van der Waals surface area contributed by atoms with Gasteiger partial charge in [0.05, 0.1) is 22.1 Å². The number of carbonyl (C=O) groups is 1. The quantitative estimate of drug-likeness (QED) is 0.487. The van der Waals surface area contributed by atoms with Crippen LogP contribution in [0.5, 0.6) is 0 Å². The molecule has 3 aromatic rings. The number of amides is 1. The van der Waals surface area contributed by atoms with E-state index < -0.39 is 0 Å². The predicted molar refractivity (Wildman–Crippen MR) is 107 cm³/mol. The molecule has 4 rings (SSSR count). The Morgan fingerprint density at radius 3 is 2.81 bits per heavy atom. The molecular weight excluding hydrogens is 362 g/mol. The number of aromatic nitrogens is 4. The number of fused-ring (bicyclic) bond motifs is 1. The van der Waals surface area contributed by atoms with Crippen LogP contribution in [-0.4, -0.2) is 38.2 Å². The van der Waals surface area contributed by atoms with Crippen molar-refractivity contribution in [3.05, 3.63) is 36.5 Å². The van der Waals surface area contributed by atoms with E-state index in [0.717, 1.165) is 47.4 Å². The Balaban J connectivity index is 1.46. The molecule has 4 N–H and O–H groups in total. The van der Waals surface area contributed by atoms with Crippen LogP contribution >= 0.6 is 11.3 Å². The summed E-state index contributed by atoms with van der Waals surface area (Å²) in [6, 6.07) is 2.54. The maximum Gasteiger partial charge on any atom is 0.243 e. The van der Waals surface area contributed by atoms with Gasteiger partial charge in [-0.25, -0.2) is 4.98 Å². The van der Waals surface area contributed by atoms with Crippen LogP contribution in [0, 0.1) is 0 Å². The fourth-order valence-electron chi connectivity index (χ4n) is 3.30. The molecule has 140 valence electrons. The molecule has 1 amide bonds. The van der Waals surface area contributed by atoms with Crippen molar-refractivity contribution in [3.63, 3.8) is 0 Å². The third kappa shape index (κ3) is 4.08. The lowest BCUT2D eigenvalue weighted by atomic mass is 9.91. The number of carbonyl (C=O) groups excluding carboxylic acids is 1. The van der Waals surface area contributed by atoms with Crippen molar-refractivity contribution in [2.75, 3.05) is 10.6 Å². The number of rotatable bonds is 6. The SMILES string of the molecule is C=CC(=O)N[C@H]1CC[C@@H](Nc2nc(Nc3cn[nH]c3)nc3ccsc23)CC1. The largest absolute Gasteiger partial charge is 0.366 e. The fourth-order valence-corrected chi connectivity index (χ4v) is 4.08. The van der Waals surface area contributed by atoms with Crippen molar-refractivity contribution in [2.24, 2.45) is 0 Å². The third-order valence-corrected chi connectivity index (χ3v) is 5.57.